The van der Waals surface area contributed by atoms with Gasteiger partial charge in [-0.2, -0.15) is 0 Å². The third kappa shape index (κ3) is 6.63. The van der Waals surface area contributed by atoms with Crippen molar-refractivity contribution in [3.63, 3.8) is 0 Å². The molecule has 0 radical (unpaired) electrons. The maximum absolute atomic E-state index is 13.2. The lowest BCUT2D eigenvalue weighted by atomic mass is 10.1. The van der Waals surface area contributed by atoms with Gasteiger partial charge < -0.3 is 19.7 Å². The number of hydrogen-bond donors (Lipinski definition) is 1. The average molecular weight is 459 g/mol. The summed E-state index contributed by atoms with van der Waals surface area (Å²) in [5, 5.41) is 3.67. The highest BCUT2D eigenvalue weighted by atomic mass is 35.5. The minimum Gasteiger partial charge on any atom is -0.497 e. The van der Waals surface area contributed by atoms with Crippen molar-refractivity contribution in [3.8, 4) is 11.5 Å². The van der Waals surface area contributed by atoms with Crippen LogP contribution in [0.25, 0.3) is 0 Å². The number of amides is 2. The van der Waals surface area contributed by atoms with Crippen molar-refractivity contribution in [2.24, 2.45) is 0 Å². The van der Waals surface area contributed by atoms with E-state index in [2.05, 4.69) is 5.32 Å². The molecular formula is C25H31ClN2O4. The smallest absolute Gasteiger partial charge is 0.261 e. The summed E-state index contributed by atoms with van der Waals surface area (Å²) in [5.41, 5.74) is 0.911. The summed E-state index contributed by atoms with van der Waals surface area (Å²) < 4.78 is 10.9. The second-order valence-electron chi connectivity index (χ2n) is 8.03. The van der Waals surface area contributed by atoms with Crippen LogP contribution in [0.5, 0.6) is 11.5 Å². The van der Waals surface area contributed by atoms with Crippen LogP contribution < -0.4 is 14.8 Å². The minimum atomic E-state index is -0.576. The lowest BCUT2D eigenvalue weighted by molar-refractivity contribution is -0.143. The van der Waals surface area contributed by atoms with Crippen LogP contribution in [0.2, 0.25) is 5.02 Å². The summed E-state index contributed by atoms with van der Waals surface area (Å²) in [4.78, 5) is 27.9. The Hall–Kier alpha value is -2.73. The Balaban J connectivity index is 1.75. The first-order valence-corrected chi connectivity index (χ1v) is 11.5. The first-order valence-electron chi connectivity index (χ1n) is 11.1. The predicted octanol–water partition coefficient (Wildman–Crippen LogP) is 4.59. The van der Waals surface area contributed by atoms with Crippen molar-refractivity contribution in [2.45, 2.75) is 57.7 Å². The van der Waals surface area contributed by atoms with Gasteiger partial charge in [-0.05, 0) is 55.2 Å². The summed E-state index contributed by atoms with van der Waals surface area (Å²) in [6.45, 7) is 2.05. The van der Waals surface area contributed by atoms with E-state index >= 15 is 0 Å². The number of halogens is 1. The van der Waals surface area contributed by atoms with Gasteiger partial charge in [0.05, 0.1) is 7.11 Å². The van der Waals surface area contributed by atoms with Gasteiger partial charge in [0.15, 0.2) is 6.61 Å². The van der Waals surface area contributed by atoms with Gasteiger partial charge in [0, 0.05) is 17.6 Å². The van der Waals surface area contributed by atoms with Gasteiger partial charge in [0.25, 0.3) is 5.91 Å². The molecule has 3 rings (SSSR count). The van der Waals surface area contributed by atoms with Crippen LogP contribution in [0.3, 0.4) is 0 Å². The van der Waals surface area contributed by atoms with Crippen molar-refractivity contribution in [3.05, 3.63) is 59.1 Å². The summed E-state index contributed by atoms with van der Waals surface area (Å²) in [7, 11) is 1.61. The number of carbonyl (C=O) groups is 2. The molecule has 0 saturated heterocycles. The molecule has 0 unspecified atom stereocenters. The highest BCUT2D eigenvalue weighted by Crippen LogP contribution is 2.21. The Morgan fingerprint density at radius 1 is 1.12 bits per heavy atom. The van der Waals surface area contributed by atoms with Crippen LogP contribution in [-0.2, 0) is 16.1 Å². The topological polar surface area (TPSA) is 67.9 Å². The molecule has 0 aromatic heterocycles. The number of carbonyl (C=O) groups excluding carboxylic acids is 2. The number of hydrogen-bond acceptors (Lipinski definition) is 4. The molecule has 1 N–H and O–H groups in total. The first kappa shape index (κ1) is 23.9. The average Bonchev–Trinajstić information content (AvgIpc) is 3.31. The lowest BCUT2D eigenvalue weighted by Crippen LogP contribution is -2.52. The molecule has 2 amide bonds. The molecule has 2 aromatic rings. The van der Waals surface area contributed by atoms with Crippen molar-refractivity contribution in [1.82, 2.24) is 10.2 Å². The zero-order valence-electron chi connectivity index (χ0n) is 18.7. The molecule has 32 heavy (non-hydrogen) atoms. The lowest BCUT2D eigenvalue weighted by Gasteiger charge is -2.31. The quantitative estimate of drug-likeness (QED) is 0.565. The fraction of sp³-hybridized carbons (Fsp3) is 0.440. The summed E-state index contributed by atoms with van der Waals surface area (Å²) in [6, 6.07) is 14.0. The second kappa shape index (κ2) is 11.8. The van der Waals surface area contributed by atoms with E-state index in [4.69, 9.17) is 21.1 Å². The molecule has 0 heterocycles. The number of nitrogens with one attached hydrogen (secondary N) is 1. The molecule has 172 valence electrons. The molecule has 1 atom stereocenters. The van der Waals surface area contributed by atoms with E-state index in [1.807, 2.05) is 31.2 Å². The zero-order chi connectivity index (χ0) is 22.9. The molecular weight excluding hydrogens is 428 g/mol. The normalized spacial score (nSPS) is 14.6. The molecule has 1 aliphatic rings. The molecule has 0 spiro atoms. The predicted molar refractivity (Wildman–Crippen MR) is 125 cm³/mol. The number of rotatable bonds is 10. The standard InChI is InChI=1S/C25H31ClN2O4/c1-3-23(25(30)27-20-8-4-5-9-20)28(16-18-11-13-21(31-2)14-12-18)24(29)17-32-22-10-6-7-19(26)15-22/h6-7,10-15,20,23H,3-5,8-9,16-17H2,1-2H3,(H,27,30)/t23-/m1/s1. The monoisotopic (exact) mass is 458 g/mol. The molecule has 6 nitrogen and oxygen atoms in total. The first-order chi connectivity index (χ1) is 15.5. The highest BCUT2D eigenvalue weighted by molar-refractivity contribution is 6.30. The van der Waals surface area contributed by atoms with E-state index < -0.39 is 6.04 Å². The summed E-state index contributed by atoms with van der Waals surface area (Å²) in [5.74, 6) is 0.888. The molecule has 7 heteroatoms. The minimum absolute atomic E-state index is 0.107. The Labute approximate surface area is 194 Å². The van der Waals surface area contributed by atoms with Crippen LogP contribution in [0.4, 0.5) is 0 Å². The third-order valence-electron chi connectivity index (χ3n) is 5.76. The van der Waals surface area contributed by atoms with Crippen LogP contribution >= 0.6 is 11.6 Å². The maximum Gasteiger partial charge on any atom is 0.261 e. The fourth-order valence-corrected chi connectivity index (χ4v) is 4.18. The van der Waals surface area contributed by atoms with E-state index in [-0.39, 0.29) is 24.5 Å². The number of methoxy groups -OCH3 is 1. The molecule has 1 aliphatic carbocycles. The van der Waals surface area contributed by atoms with Crippen LogP contribution in [-0.4, -0.2) is 42.5 Å². The zero-order valence-corrected chi connectivity index (χ0v) is 19.4. The molecule has 0 bridgehead atoms. The molecule has 1 fully saturated rings. The van der Waals surface area contributed by atoms with Gasteiger partial charge in [0.1, 0.15) is 17.5 Å². The van der Waals surface area contributed by atoms with Crippen LogP contribution in [0, 0.1) is 0 Å². The number of ether oxygens (including phenoxy) is 2. The Bertz CT molecular complexity index is 897. The third-order valence-corrected chi connectivity index (χ3v) is 5.99. The number of nitrogens with zero attached hydrogens (tertiary/aromatic N) is 1. The van der Waals surface area contributed by atoms with E-state index in [0.29, 0.717) is 23.7 Å². The van der Waals surface area contributed by atoms with E-state index in [1.165, 1.54) is 0 Å². The SMILES string of the molecule is CC[C@H](C(=O)NC1CCCC1)N(Cc1ccc(OC)cc1)C(=O)COc1cccc(Cl)c1. The Kier molecular flexibility index (Phi) is 8.80. The van der Waals surface area contributed by atoms with Gasteiger partial charge in [-0.25, -0.2) is 0 Å². The summed E-state index contributed by atoms with van der Waals surface area (Å²) in [6.07, 6.45) is 4.75. The van der Waals surface area contributed by atoms with Crippen molar-refractivity contribution >= 4 is 23.4 Å². The van der Waals surface area contributed by atoms with Gasteiger partial charge in [-0.15, -0.1) is 0 Å². The highest BCUT2D eigenvalue weighted by Gasteiger charge is 2.30. The molecule has 2 aromatic carbocycles. The Morgan fingerprint density at radius 2 is 1.84 bits per heavy atom. The second-order valence-corrected chi connectivity index (χ2v) is 8.47. The fourth-order valence-electron chi connectivity index (χ4n) is 4.00. The largest absolute Gasteiger partial charge is 0.497 e. The molecule has 1 saturated carbocycles. The van der Waals surface area contributed by atoms with Gasteiger partial charge in [-0.1, -0.05) is 49.6 Å². The van der Waals surface area contributed by atoms with Crippen LogP contribution in [0.15, 0.2) is 48.5 Å². The maximum atomic E-state index is 13.2. The van der Waals surface area contributed by atoms with Crippen molar-refractivity contribution in [1.29, 1.82) is 0 Å². The van der Waals surface area contributed by atoms with Gasteiger partial charge in [0.2, 0.25) is 5.91 Å². The van der Waals surface area contributed by atoms with Crippen LogP contribution in [0.1, 0.15) is 44.6 Å². The van der Waals surface area contributed by atoms with Crippen molar-refractivity contribution < 1.29 is 19.1 Å². The van der Waals surface area contributed by atoms with E-state index in [1.54, 1.807) is 36.3 Å². The van der Waals surface area contributed by atoms with E-state index in [9.17, 15) is 9.59 Å². The van der Waals surface area contributed by atoms with Gasteiger partial charge in [-0.3, -0.25) is 9.59 Å². The Morgan fingerprint density at radius 3 is 2.47 bits per heavy atom. The molecule has 0 aliphatic heterocycles. The summed E-state index contributed by atoms with van der Waals surface area (Å²) >= 11 is 6.01. The van der Waals surface area contributed by atoms with Gasteiger partial charge >= 0.3 is 0 Å². The van der Waals surface area contributed by atoms with E-state index in [0.717, 1.165) is 37.0 Å². The number of benzene rings is 2. The van der Waals surface area contributed by atoms with Crippen molar-refractivity contribution in [2.75, 3.05) is 13.7 Å².